The van der Waals surface area contributed by atoms with Gasteiger partial charge in [-0.05, 0) is 36.8 Å². The lowest BCUT2D eigenvalue weighted by Crippen LogP contribution is -2.33. The second kappa shape index (κ2) is 7.73. The van der Waals surface area contributed by atoms with Crippen LogP contribution in [-0.4, -0.2) is 35.4 Å². The number of aromatic nitrogens is 2. The van der Waals surface area contributed by atoms with Crippen LogP contribution in [0.25, 0.3) is 5.69 Å². The van der Waals surface area contributed by atoms with Gasteiger partial charge in [0.1, 0.15) is 0 Å². The fourth-order valence-electron chi connectivity index (χ4n) is 3.22. The Morgan fingerprint density at radius 3 is 2.67 bits per heavy atom. The van der Waals surface area contributed by atoms with Crippen molar-refractivity contribution >= 4 is 11.6 Å². The zero-order valence-electron chi connectivity index (χ0n) is 15.2. The third kappa shape index (κ3) is 3.77. The average Bonchev–Trinajstić information content (AvgIpc) is 3.11. The van der Waals surface area contributed by atoms with Gasteiger partial charge in [0.2, 0.25) is 0 Å². The largest absolute Gasteiger partial charge is 0.371 e. The van der Waals surface area contributed by atoms with Gasteiger partial charge in [0.15, 0.2) is 0 Å². The molecular formula is C21H22N4O2. The monoisotopic (exact) mass is 362 g/mol. The Labute approximate surface area is 158 Å². The summed E-state index contributed by atoms with van der Waals surface area (Å²) in [5.41, 5.74) is 4.15. The minimum Gasteiger partial charge on any atom is -0.371 e. The molecule has 1 fully saturated rings. The van der Waals surface area contributed by atoms with Crippen molar-refractivity contribution in [2.24, 2.45) is 0 Å². The van der Waals surface area contributed by atoms with Gasteiger partial charge >= 0.3 is 0 Å². The van der Waals surface area contributed by atoms with Gasteiger partial charge in [0, 0.05) is 18.8 Å². The van der Waals surface area contributed by atoms with Gasteiger partial charge in [0.25, 0.3) is 5.91 Å². The van der Waals surface area contributed by atoms with Crippen molar-refractivity contribution in [2.45, 2.75) is 13.0 Å². The maximum atomic E-state index is 12.7. The summed E-state index contributed by atoms with van der Waals surface area (Å²) >= 11 is 0. The van der Waals surface area contributed by atoms with Crippen LogP contribution < -0.4 is 10.6 Å². The average molecular weight is 362 g/mol. The van der Waals surface area contributed by atoms with E-state index in [1.807, 2.05) is 61.5 Å². The summed E-state index contributed by atoms with van der Waals surface area (Å²) in [5.74, 6) is -0.169. The number of morpholine rings is 1. The first-order chi connectivity index (χ1) is 13.2. The number of ether oxygens (including phenoxy) is 1. The number of nitrogens with zero attached hydrogens (tertiary/aromatic N) is 2. The van der Waals surface area contributed by atoms with Crippen molar-refractivity contribution in [1.82, 2.24) is 15.1 Å². The molecule has 1 aromatic heterocycles. The Balaban J connectivity index is 1.47. The molecule has 1 atom stereocenters. The number of amides is 1. The van der Waals surface area contributed by atoms with E-state index in [-0.39, 0.29) is 12.0 Å². The molecule has 4 rings (SSSR count). The van der Waals surface area contributed by atoms with E-state index in [0.717, 1.165) is 35.7 Å². The minimum absolute atomic E-state index is 0.0647. The summed E-state index contributed by atoms with van der Waals surface area (Å²) < 4.78 is 7.52. The summed E-state index contributed by atoms with van der Waals surface area (Å²) in [6.07, 6.45) is 1.67. The molecule has 0 radical (unpaired) electrons. The first-order valence-electron chi connectivity index (χ1n) is 9.06. The quantitative estimate of drug-likeness (QED) is 0.748. The molecule has 1 aliphatic heterocycles. The van der Waals surface area contributed by atoms with Gasteiger partial charge in [0.05, 0.1) is 35.9 Å². The normalized spacial score (nSPS) is 16.9. The van der Waals surface area contributed by atoms with Crippen LogP contribution in [0.15, 0.2) is 60.8 Å². The third-order valence-electron chi connectivity index (χ3n) is 4.72. The standard InChI is InChI=1S/C21H22N4O2/c1-15-19(13-23-25(15)18-5-3-2-4-6-18)21(26)24-17-9-7-16(8-10-17)20-14-22-11-12-27-20/h2-10,13,20,22H,11-12,14H2,1H3,(H,24,26)/t20-/m1/s1. The van der Waals surface area contributed by atoms with E-state index in [1.54, 1.807) is 10.9 Å². The van der Waals surface area contributed by atoms with Crippen molar-refractivity contribution in [3.63, 3.8) is 0 Å². The second-order valence-corrected chi connectivity index (χ2v) is 6.53. The molecule has 1 aliphatic rings. The Bertz CT molecular complexity index is 913. The highest BCUT2D eigenvalue weighted by atomic mass is 16.5. The Morgan fingerprint density at radius 1 is 1.19 bits per heavy atom. The number of hydrogen-bond donors (Lipinski definition) is 2. The summed E-state index contributed by atoms with van der Waals surface area (Å²) in [6.45, 7) is 4.31. The van der Waals surface area contributed by atoms with Crippen LogP contribution in [-0.2, 0) is 4.74 Å². The van der Waals surface area contributed by atoms with Crippen molar-refractivity contribution in [3.8, 4) is 5.69 Å². The smallest absolute Gasteiger partial charge is 0.259 e. The predicted molar refractivity (Wildman–Crippen MR) is 104 cm³/mol. The van der Waals surface area contributed by atoms with Crippen LogP contribution in [0.5, 0.6) is 0 Å². The van der Waals surface area contributed by atoms with Crippen LogP contribution in [0.1, 0.15) is 27.7 Å². The van der Waals surface area contributed by atoms with E-state index in [1.165, 1.54) is 0 Å². The van der Waals surface area contributed by atoms with Gasteiger partial charge in [-0.25, -0.2) is 4.68 Å². The lowest BCUT2D eigenvalue weighted by atomic mass is 10.1. The number of carbonyl (C=O) groups excluding carboxylic acids is 1. The topological polar surface area (TPSA) is 68.2 Å². The molecule has 6 nitrogen and oxygen atoms in total. The van der Waals surface area contributed by atoms with Crippen LogP contribution in [0.4, 0.5) is 5.69 Å². The molecule has 2 heterocycles. The van der Waals surface area contributed by atoms with Crippen molar-refractivity contribution in [3.05, 3.63) is 77.6 Å². The lowest BCUT2D eigenvalue weighted by Gasteiger charge is -2.24. The molecule has 2 aromatic carbocycles. The molecule has 0 bridgehead atoms. The van der Waals surface area contributed by atoms with E-state index in [0.29, 0.717) is 12.2 Å². The first-order valence-corrected chi connectivity index (χ1v) is 9.06. The van der Waals surface area contributed by atoms with Gasteiger partial charge in [-0.1, -0.05) is 30.3 Å². The van der Waals surface area contributed by atoms with Crippen LogP contribution in [0.2, 0.25) is 0 Å². The molecule has 0 spiro atoms. The molecule has 0 aliphatic carbocycles. The maximum Gasteiger partial charge on any atom is 0.259 e. The summed E-state index contributed by atoms with van der Waals surface area (Å²) in [6, 6.07) is 17.6. The predicted octanol–water partition coefficient (Wildman–Crippen LogP) is 3.09. The molecule has 0 unspecified atom stereocenters. The lowest BCUT2D eigenvalue weighted by molar-refractivity contribution is 0.0277. The zero-order valence-corrected chi connectivity index (χ0v) is 15.2. The molecule has 1 amide bonds. The molecule has 138 valence electrons. The molecule has 2 N–H and O–H groups in total. The molecule has 1 saturated heterocycles. The number of hydrogen-bond acceptors (Lipinski definition) is 4. The van der Waals surface area contributed by atoms with Crippen LogP contribution in [0.3, 0.4) is 0 Å². The summed E-state index contributed by atoms with van der Waals surface area (Å²) in [4.78, 5) is 12.7. The highest BCUT2D eigenvalue weighted by Crippen LogP contribution is 2.21. The number of nitrogens with one attached hydrogen (secondary N) is 2. The zero-order chi connectivity index (χ0) is 18.6. The molecule has 27 heavy (non-hydrogen) atoms. The highest BCUT2D eigenvalue weighted by molar-refractivity contribution is 6.05. The van der Waals surface area contributed by atoms with Crippen molar-refractivity contribution in [1.29, 1.82) is 0 Å². The van der Waals surface area contributed by atoms with Gasteiger partial charge in [-0.3, -0.25) is 4.79 Å². The van der Waals surface area contributed by atoms with Gasteiger partial charge in [-0.15, -0.1) is 0 Å². The second-order valence-electron chi connectivity index (χ2n) is 6.53. The highest BCUT2D eigenvalue weighted by Gasteiger charge is 2.17. The van der Waals surface area contributed by atoms with Crippen molar-refractivity contribution < 1.29 is 9.53 Å². The molecule has 6 heteroatoms. The van der Waals surface area contributed by atoms with Gasteiger partial charge < -0.3 is 15.4 Å². The van der Waals surface area contributed by atoms with Crippen LogP contribution >= 0.6 is 0 Å². The van der Waals surface area contributed by atoms with E-state index >= 15 is 0 Å². The first kappa shape index (κ1) is 17.5. The van der Waals surface area contributed by atoms with Gasteiger partial charge in [-0.2, -0.15) is 5.10 Å². The van der Waals surface area contributed by atoms with E-state index < -0.39 is 0 Å². The fraction of sp³-hybridized carbons (Fsp3) is 0.238. The Morgan fingerprint density at radius 2 is 1.96 bits per heavy atom. The third-order valence-corrected chi connectivity index (χ3v) is 4.72. The Hall–Kier alpha value is -2.96. The molecule has 3 aromatic rings. The SMILES string of the molecule is Cc1c(C(=O)Nc2ccc([C@H]3CNCCO3)cc2)cnn1-c1ccccc1. The fourth-order valence-corrected chi connectivity index (χ4v) is 3.22. The van der Waals surface area contributed by atoms with Crippen molar-refractivity contribution in [2.75, 3.05) is 25.0 Å². The molecular weight excluding hydrogens is 340 g/mol. The van der Waals surface area contributed by atoms with E-state index in [9.17, 15) is 4.79 Å². The minimum atomic E-state index is -0.169. The van der Waals surface area contributed by atoms with E-state index in [2.05, 4.69) is 15.7 Å². The number of anilines is 1. The summed E-state index contributed by atoms with van der Waals surface area (Å²) in [7, 11) is 0. The summed E-state index contributed by atoms with van der Waals surface area (Å²) in [5, 5.41) is 10.6. The number of para-hydroxylation sites is 1. The van der Waals surface area contributed by atoms with Crippen LogP contribution in [0, 0.1) is 6.92 Å². The number of rotatable bonds is 4. The number of benzene rings is 2. The molecule has 0 saturated carbocycles. The van der Waals surface area contributed by atoms with E-state index in [4.69, 9.17) is 4.74 Å². The number of carbonyl (C=O) groups is 1. The maximum absolute atomic E-state index is 12.7. The Kier molecular flexibility index (Phi) is 5.00.